The number of nitrogens with zero attached hydrogens (tertiary/aromatic N) is 4. The Labute approximate surface area is 163 Å². The molecule has 3 rings (SSSR count). The predicted octanol–water partition coefficient (Wildman–Crippen LogP) is 3.02. The van der Waals surface area contributed by atoms with Crippen LogP contribution in [0.5, 0.6) is 0 Å². The van der Waals surface area contributed by atoms with Crippen LogP contribution in [0.1, 0.15) is 58.8 Å². The third-order valence-corrected chi connectivity index (χ3v) is 4.71. The summed E-state index contributed by atoms with van der Waals surface area (Å²) >= 11 is 0. The van der Waals surface area contributed by atoms with Gasteiger partial charge in [0, 0.05) is 18.7 Å². The number of primary amides is 1. The molecule has 2 aromatic heterocycles. The number of anilines is 1. The normalized spacial score (nSPS) is 11.1. The summed E-state index contributed by atoms with van der Waals surface area (Å²) in [6, 6.07) is 5.19. The molecule has 8 heteroatoms. The van der Waals surface area contributed by atoms with E-state index >= 15 is 0 Å². The van der Waals surface area contributed by atoms with Crippen molar-refractivity contribution in [1.29, 1.82) is 0 Å². The van der Waals surface area contributed by atoms with Crippen molar-refractivity contribution in [1.82, 2.24) is 19.3 Å². The number of hydrogen-bond acceptors (Lipinski definition) is 4. The van der Waals surface area contributed by atoms with Crippen LogP contribution in [0.3, 0.4) is 0 Å². The summed E-state index contributed by atoms with van der Waals surface area (Å²) in [4.78, 5) is 29.1. The zero-order valence-electron chi connectivity index (χ0n) is 16.7. The van der Waals surface area contributed by atoms with Gasteiger partial charge in [0.1, 0.15) is 5.69 Å². The minimum absolute atomic E-state index is 0.261. The molecule has 0 spiro atoms. The summed E-state index contributed by atoms with van der Waals surface area (Å²) in [5.74, 6) is -0.302. The van der Waals surface area contributed by atoms with E-state index in [1.807, 2.05) is 25.3 Å². The molecule has 28 heavy (non-hydrogen) atoms. The van der Waals surface area contributed by atoms with Crippen molar-refractivity contribution in [2.75, 3.05) is 5.32 Å². The topological polar surface area (TPSA) is 108 Å². The molecule has 3 aromatic rings. The highest BCUT2D eigenvalue weighted by Gasteiger charge is 2.19. The highest BCUT2D eigenvalue weighted by Crippen LogP contribution is 2.26. The van der Waals surface area contributed by atoms with Gasteiger partial charge in [-0.1, -0.05) is 13.3 Å². The van der Waals surface area contributed by atoms with Gasteiger partial charge >= 0.3 is 0 Å². The number of amides is 2. The summed E-state index contributed by atoms with van der Waals surface area (Å²) in [7, 11) is 0. The van der Waals surface area contributed by atoms with Gasteiger partial charge in [0.2, 0.25) is 11.9 Å². The maximum Gasteiger partial charge on any atom is 0.276 e. The molecule has 0 bridgehead atoms. The van der Waals surface area contributed by atoms with Gasteiger partial charge in [0.25, 0.3) is 5.91 Å². The Morgan fingerprint density at radius 1 is 1.18 bits per heavy atom. The van der Waals surface area contributed by atoms with E-state index in [0.717, 1.165) is 29.6 Å². The molecule has 0 fully saturated rings. The quantitative estimate of drug-likeness (QED) is 0.655. The number of carbonyl (C=O) groups is 2. The molecule has 2 amide bonds. The minimum Gasteiger partial charge on any atom is -0.366 e. The van der Waals surface area contributed by atoms with Gasteiger partial charge < -0.3 is 10.3 Å². The van der Waals surface area contributed by atoms with E-state index in [-0.39, 0.29) is 5.91 Å². The van der Waals surface area contributed by atoms with E-state index in [2.05, 4.69) is 22.3 Å². The maximum absolute atomic E-state index is 12.9. The molecule has 0 saturated carbocycles. The highest BCUT2D eigenvalue weighted by molar-refractivity contribution is 6.03. The van der Waals surface area contributed by atoms with Crippen molar-refractivity contribution >= 4 is 28.8 Å². The standard InChI is InChI=1S/C20H26N6O2/c1-5-7-8-25-17-12(3)9-14(18(21)27)11-15(17)22-20(25)23-19(28)16-10-13(4)24-26(16)6-2/h9-11H,5-8H2,1-4H3,(H2,21,27)(H,22,23,28). The van der Waals surface area contributed by atoms with Crippen LogP contribution in [-0.2, 0) is 13.1 Å². The monoisotopic (exact) mass is 382 g/mol. The SMILES string of the molecule is CCCCn1c(NC(=O)c2cc(C)nn2CC)nc2cc(C(N)=O)cc(C)c21. The minimum atomic E-state index is -0.499. The number of benzene rings is 1. The molecule has 0 aliphatic carbocycles. The largest absolute Gasteiger partial charge is 0.366 e. The molecule has 0 aliphatic rings. The van der Waals surface area contributed by atoms with E-state index in [1.54, 1.807) is 22.9 Å². The zero-order chi connectivity index (χ0) is 20.4. The summed E-state index contributed by atoms with van der Waals surface area (Å²) in [6.45, 7) is 9.13. The first-order valence-electron chi connectivity index (χ1n) is 9.52. The van der Waals surface area contributed by atoms with Crippen molar-refractivity contribution < 1.29 is 9.59 Å². The first-order valence-corrected chi connectivity index (χ1v) is 9.52. The van der Waals surface area contributed by atoms with Gasteiger partial charge in [-0.15, -0.1) is 0 Å². The Bertz CT molecular complexity index is 1050. The van der Waals surface area contributed by atoms with Gasteiger partial charge in [-0.2, -0.15) is 5.10 Å². The number of rotatable bonds is 7. The third kappa shape index (κ3) is 3.62. The molecule has 0 aliphatic heterocycles. The van der Waals surface area contributed by atoms with Crippen LogP contribution in [0.2, 0.25) is 0 Å². The van der Waals surface area contributed by atoms with Crippen LogP contribution in [0.25, 0.3) is 11.0 Å². The molecule has 2 heterocycles. The van der Waals surface area contributed by atoms with Crippen LogP contribution < -0.4 is 11.1 Å². The van der Waals surface area contributed by atoms with Crippen molar-refractivity contribution in [3.05, 3.63) is 40.7 Å². The van der Waals surface area contributed by atoms with Crippen LogP contribution in [0, 0.1) is 13.8 Å². The molecule has 0 unspecified atom stereocenters. The summed E-state index contributed by atoms with van der Waals surface area (Å²) in [5.41, 5.74) is 9.55. The van der Waals surface area contributed by atoms with E-state index in [9.17, 15) is 9.59 Å². The number of nitrogens with one attached hydrogen (secondary N) is 1. The molecular weight excluding hydrogens is 356 g/mol. The number of hydrogen-bond donors (Lipinski definition) is 2. The molecule has 148 valence electrons. The van der Waals surface area contributed by atoms with Crippen molar-refractivity contribution in [3.8, 4) is 0 Å². The lowest BCUT2D eigenvalue weighted by Crippen LogP contribution is -2.20. The van der Waals surface area contributed by atoms with E-state index < -0.39 is 5.91 Å². The lowest BCUT2D eigenvalue weighted by molar-refractivity contribution is 0.0996. The Morgan fingerprint density at radius 2 is 1.93 bits per heavy atom. The number of unbranched alkanes of at least 4 members (excludes halogenated alkanes) is 1. The average molecular weight is 382 g/mol. The van der Waals surface area contributed by atoms with Crippen LogP contribution in [-0.4, -0.2) is 31.1 Å². The number of aryl methyl sites for hydroxylation is 4. The zero-order valence-corrected chi connectivity index (χ0v) is 16.7. The van der Waals surface area contributed by atoms with Crippen LogP contribution in [0.15, 0.2) is 18.2 Å². The van der Waals surface area contributed by atoms with Gasteiger partial charge in [-0.3, -0.25) is 19.6 Å². The lowest BCUT2D eigenvalue weighted by Gasteiger charge is -2.11. The second kappa shape index (κ2) is 7.84. The molecule has 1 aromatic carbocycles. The second-order valence-corrected chi connectivity index (χ2v) is 6.91. The summed E-state index contributed by atoms with van der Waals surface area (Å²) in [5, 5.41) is 7.25. The molecule has 3 N–H and O–H groups in total. The smallest absolute Gasteiger partial charge is 0.276 e. The Balaban J connectivity index is 2.06. The first-order chi connectivity index (χ1) is 13.3. The number of imidazole rings is 1. The average Bonchev–Trinajstić information content (AvgIpc) is 3.19. The Morgan fingerprint density at radius 3 is 2.57 bits per heavy atom. The van der Waals surface area contributed by atoms with Gasteiger partial charge in [0.05, 0.1) is 16.7 Å². The number of carbonyl (C=O) groups excluding carboxylic acids is 2. The number of aromatic nitrogens is 4. The fourth-order valence-corrected chi connectivity index (χ4v) is 3.38. The van der Waals surface area contributed by atoms with Crippen molar-refractivity contribution in [2.45, 2.75) is 53.6 Å². The first kappa shape index (κ1) is 19.6. The van der Waals surface area contributed by atoms with Crippen molar-refractivity contribution in [3.63, 3.8) is 0 Å². The number of fused-ring (bicyclic) bond motifs is 1. The Kier molecular flexibility index (Phi) is 5.48. The van der Waals surface area contributed by atoms with E-state index in [4.69, 9.17) is 5.73 Å². The molecular formula is C20H26N6O2. The van der Waals surface area contributed by atoms with Gasteiger partial charge in [0.15, 0.2) is 0 Å². The molecule has 0 atom stereocenters. The predicted molar refractivity (Wildman–Crippen MR) is 108 cm³/mol. The number of nitrogens with two attached hydrogens (primary N) is 1. The van der Waals surface area contributed by atoms with Crippen LogP contribution in [0.4, 0.5) is 5.95 Å². The van der Waals surface area contributed by atoms with E-state index in [0.29, 0.717) is 35.8 Å². The maximum atomic E-state index is 12.9. The summed E-state index contributed by atoms with van der Waals surface area (Å²) < 4.78 is 3.66. The highest BCUT2D eigenvalue weighted by atomic mass is 16.2. The van der Waals surface area contributed by atoms with E-state index in [1.165, 1.54) is 0 Å². The molecule has 8 nitrogen and oxygen atoms in total. The van der Waals surface area contributed by atoms with Crippen molar-refractivity contribution in [2.24, 2.45) is 5.73 Å². The Hall–Kier alpha value is -3.16. The lowest BCUT2D eigenvalue weighted by atomic mass is 10.1. The molecule has 0 radical (unpaired) electrons. The fraction of sp³-hybridized carbons (Fsp3) is 0.400. The van der Waals surface area contributed by atoms with Gasteiger partial charge in [-0.25, -0.2) is 4.98 Å². The second-order valence-electron chi connectivity index (χ2n) is 6.91. The molecule has 0 saturated heterocycles. The van der Waals surface area contributed by atoms with Crippen LogP contribution >= 0.6 is 0 Å². The van der Waals surface area contributed by atoms with Gasteiger partial charge in [-0.05, 0) is 51.0 Å². The third-order valence-electron chi connectivity index (χ3n) is 4.71. The summed E-state index contributed by atoms with van der Waals surface area (Å²) in [6.07, 6.45) is 1.95. The fourth-order valence-electron chi connectivity index (χ4n) is 3.38.